The number of amides is 1. The van der Waals surface area contributed by atoms with Crippen LogP contribution in [0.4, 0.5) is 0 Å². The zero-order valence-corrected chi connectivity index (χ0v) is 13.3. The number of hydrogen-bond donors (Lipinski definition) is 1. The number of nitrogens with zero attached hydrogens (tertiary/aromatic N) is 1. The average Bonchev–Trinajstić information content (AvgIpc) is 2.61. The largest absolute Gasteiger partial charge is 0.497 e. The maximum Gasteiger partial charge on any atom is 0.337 e. The third-order valence-corrected chi connectivity index (χ3v) is 3.75. The topological polar surface area (TPSA) is 81.4 Å². The van der Waals surface area contributed by atoms with Crippen LogP contribution in [0.15, 0.2) is 58.0 Å². The van der Waals surface area contributed by atoms with Crippen LogP contribution in [-0.2, 0) is 0 Å². The summed E-state index contributed by atoms with van der Waals surface area (Å²) in [7, 11) is 1.52. The van der Waals surface area contributed by atoms with Crippen molar-refractivity contribution in [1.29, 1.82) is 0 Å². The van der Waals surface area contributed by atoms with Gasteiger partial charge in [-0.15, -0.1) is 0 Å². The second-order valence-corrected chi connectivity index (χ2v) is 5.32. The maximum atomic E-state index is 12.6. The van der Waals surface area contributed by atoms with Gasteiger partial charge in [-0.2, -0.15) is 0 Å². The highest BCUT2D eigenvalue weighted by molar-refractivity contribution is 6.05. The molecule has 0 fully saturated rings. The van der Waals surface area contributed by atoms with Crippen LogP contribution in [0, 0.1) is 0 Å². The van der Waals surface area contributed by atoms with E-state index in [1.807, 2.05) is 19.1 Å². The van der Waals surface area contributed by atoms with E-state index in [0.717, 1.165) is 5.56 Å². The predicted octanol–water partition coefficient (Wildman–Crippen LogP) is 2.69. The molecule has 0 saturated heterocycles. The number of carbonyl (C=O) groups is 1. The Morgan fingerprint density at radius 2 is 1.96 bits per heavy atom. The average molecular weight is 324 g/mol. The second kappa shape index (κ2) is 6.54. The van der Waals surface area contributed by atoms with Crippen LogP contribution in [0.25, 0.3) is 11.0 Å². The van der Waals surface area contributed by atoms with E-state index in [0.29, 0.717) is 16.7 Å². The third kappa shape index (κ3) is 3.12. The lowest BCUT2D eigenvalue weighted by molar-refractivity contribution is 0.0941. The minimum absolute atomic E-state index is 0.221. The first kappa shape index (κ1) is 15.7. The quantitative estimate of drug-likeness (QED) is 0.746. The number of pyridine rings is 1. The van der Waals surface area contributed by atoms with Gasteiger partial charge >= 0.3 is 5.63 Å². The Kier molecular flexibility index (Phi) is 4.29. The summed E-state index contributed by atoms with van der Waals surface area (Å²) in [6.45, 7) is 1.86. The van der Waals surface area contributed by atoms with Gasteiger partial charge in [0.05, 0.1) is 18.7 Å². The van der Waals surface area contributed by atoms with E-state index in [9.17, 15) is 9.59 Å². The molecule has 0 bridgehead atoms. The Hall–Kier alpha value is -3.15. The lowest BCUT2D eigenvalue weighted by Gasteiger charge is -2.14. The first-order valence-electron chi connectivity index (χ1n) is 7.41. The summed E-state index contributed by atoms with van der Waals surface area (Å²) >= 11 is 0. The first-order chi connectivity index (χ1) is 11.6. The van der Waals surface area contributed by atoms with Crippen LogP contribution in [0.5, 0.6) is 5.75 Å². The van der Waals surface area contributed by atoms with Crippen molar-refractivity contribution in [2.24, 2.45) is 0 Å². The van der Waals surface area contributed by atoms with E-state index < -0.39 is 5.63 Å². The van der Waals surface area contributed by atoms with Crippen molar-refractivity contribution < 1.29 is 13.9 Å². The molecule has 0 aliphatic carbocycles. The highest BCUT2D eigenvalue weighted by Crippen LogP contribution is 2.23. The monoisotopic (exact) mass is 324 g/mol. The summed E-state index contributed by atoms with van der Waals surface area (Å²) in [4.78, 5) is 28.3. The molecule has 6 heteroatoms. The highest BCUT2D eigenvalue weighted by Gasteiger charge is 2.16. The Bertz CT molecular complexity index is 935. The fourth-order valence-electron chi connectivity index (χ4n) is 2.47. The van der Waals surface area contributed by atoms with Crippen LogP contribution in [-0.4, -0.2) is 18.0 Å². The molecular formula is C18H16N2O4. The molecule has 24 heavy (non-hydrogen) atoms. The Balaban J connectivity index is 1.96. The van der Waals surface area contributed by atoms with E-state index in [1.165, 1.54) is 13.2 Å². The van der Waals surface area contributed by atoms with Crippen LogP contribution in [0.3, 0.4) is 0 Å². The molecule has 1 aromatic carbocycles. The molecule has 6 nitrogen and oxygen atoms in total. The van der Waals surface area contributed by atoms with Gasteiger partial charge in [0.25, 0.3) is 5.91 Å². The normalized spacial score (nSPS) is 11.9. The van der Waals surface area contributed by atoms with E-state index in [-0.39, 0.29) is 17.5 Å². The second-order valence-electron chi connectivity index (χ2n) is 5.32. The zero-order chi connectivity index (χ0) is 17.1. The van der Waals surface area contributed by atoms with Gasteiger partial charge < -0.3 is 14.5 Å². The van der Waals surface area contributed by atoms with Gasteiger partial charge in [-0.05, 0) is 36.8 Å². The number of aromatic nitrogens is 1. The molecule has 1 N–H and O–H groups in total. The molecule has 3 aromatic rings. The molecule has 0 spiro atoms. The van der Waals surface area contributed by atoms with Crippen molar-refractivity contribution >= 4 is 16.9 Å². The maximum absolute atomic E-state index is 12.6. The molecule has 1 unspecified atom stereocenters. The highest BCUT2D eigenvalue weighted by atomic mass is 16.5. The molecular weight excluding hydrogens is 308 g/mol. The van der Waals surface area contributed by atoms with Crippen molar-refractivity contribution in [3.05, 3.63) is 70.3 Å². The van der Waals surface area contributed by atoms with Gasteiger partial charge in [-0.25, -0.2) is 4.79 Å². The van der Waals surface area contributed by atoms with E-state index in [2.05, 4.69) is 10.3 Å². The Morgan fingerprint density at radius 1 is 1.21 bits per heavy atom. The lowest BCUT2D eigenvalue weighted by Crippen LogP contribution is -2.27. The number of hydrogen-bond acceptors (Lipinski definition) is 5. The Morgan fingerprint density at radius 3 is 2.67 bits per heavy atom. The molecule has 3 rings (SSSR count). The van der Waals surface area contributed by atoms with Crippen LogP contribution < -0.4 is 15.7 Å². The summed E-state index contributed by atoms with van der Waals surface area (Å²) in [5.41, 5.74) is 0.915. The molecule has 0 radical (unpaired) electrons. The Labute approximate surface area is 138 Å². The third-order valence-electron chi connectivity index (χ3n) is 3.75. The van der Waals surface area contributed by atoms with E-state index in [1.54, 1.807) is 30.6 Å². The van der Waals surface area contributed by atoms with Crippen LogP contribution in [0.2, 0.25) is 0 Å². The minimum Gasteiger partial charge on any atom is -0.497 e. The molecule has 0 aliphatic heterocycles. The van der Waals surface area contributed by atoms with Crippen LogP contribution in [0.1, 0.15) is 28.9 Å². The summed E-state index contributed by atoms with van der Waals surface area (Å²) < 4.78 is 10.3. The molecule has 0 saturated carbocycles. The fraction of sp³-hybridized carbons (Fsp3) is 0.167. The molecule has 2 heterocycles. The predicted molar refractivity (Wildman–Crippen MR) is 89.2 cm³/mol. The molecule has 1 atom stereocenters. The van der Waals surface area contributed by atoms with Gasteiger partial charge in [-0.3, -0.25) is 9.78 Å². The zero-order valence-electron chi connectivity index (χ0n) is 13.3. The summed E-state index contributed by atoms with van der Waals surface area (Å²) in [6, 6.07) is 9.62. The van der Waals surface area contributed by atoms with Crippen molar-refractivity contribution in [3.8, 4) is 5.75 Å². The van der Waals surface area contributed by atoms with E-state index in [4.69, 9.17) is 9.15 Å². The van der Waals surface area contributed by atoms with Gasteiger partial charge in [0.2, 0.25) is 0 Å². The minimum atomic E-state index is -0.586. The summed E-state index contributed by atoms with van der Waals surface area (Å²) in [6.07, 6.45) is 3.33. The van der Waals surface area contributed by atoms with Crippen molar-refractivity contribution in [2.45, 2.75) is 13.0 Å². The van der Waals surface area contributed by atoms with Crippen molar-refractivity contribution in [3.63, 3.8) is 0 Å². The van der Waals surface area contributed by atoms with Gasteiger partial charge in [0.1, 0.15) is 11.3 Å². The van der Waals surface area contributed by atoms with Gasteiger partial charge in [-0.1, -0.05) is 0 Å². The SMILES string of the molecule is COc1ccc2c(C(=O)NC(C)c3ccncc3)cc(=O)oc2c1. The van der Waals surface area contributed by atoms with Crippen molar-refractivity contribution in [2.75, 3.05) is 7.11 Å². The summed E-state index contributed by atoms with van der Waals surface area (Å²) in [5.74, 6) is 0.204. The standard InChI is InChI=1S/C18H16N2O4/c1-11(12-5-7-19-8-6-12)20-18(22)15-10-17(21)24-16-9-13(23-2)3-4-14(15)16/h3-11H,1-2H3,(H,20,22). The lowest BCUT2D eigenvalue weighted by atomic mass is 10.1. The van der Waals surface area contributed by atoms with Gasteiger partial charge in [0, 0.05) is 29.9 Å². The number of fused-ring (bicyclic) bond motifs is 1. The summed E-state index contributed by atoms with van der Waals surface area (Å²) in [5, 5.41) is 3.43. The molecule has 2 aromatic heterocycles. The number of nitrogens with one attached hydrogen (secondary N) is 1. The van der Waals surface area contributed by atoms with E-state index >= 15 is 0 Å². The van der Waals surface area contributed by atoms with Gasteiger partial charge in [0.15, 0.2) is 0 Å². The fourth-order valence-corrected chi connectivity index (χ4v) is 2.47. The van der Waals surface area contributed by atoms with Crippen LogP contribution >= 0.6 is 0 Å². The number of methoxy groups -OCH3 is 1. The molecule has 122 valence electrons. The first-order valence-corrected chi connectivity index (χ1v) is 7.41. The number of rotatable bonds is 4. The number of ether oxygens (including phenoxy) is 1. The number of carbonyl (C=O) groups excluding carboxylic acids is 1. The number of benzene rings is 1. The molecule has 0 aliphatic rings. The molecule has 1 amide bonds. The smallest absolute Gasteiger partial charge is 0.337 e. The van der Waals surface area contributed by atoms with Crippen molar-refractivity contribution in [1.82, 2.24) is 10.3 Å².